The number of hydrogen-bond acceptors (Lipinski definition) is 5. The summed E-state index contributed by atoms with van der Waals surface area (Å²) >= 11 is 0. The first-order chi connectivity index (χ1) is 14.6. The van der Waals surface area contributed by atoms with E-state index in [4.69, 9.17) is 4.52 Å². The number of hydrogen-bond donors (Lipinski definition) is 1. The molecular weight excluding hydrogens is 383 g/mol. The third-order valence-corrected chi connectivity index (χ3v) is 5.58. The third-order valence-electron chi connectivity index (χ3n) is 5.58. The van der Waals surface area contributed by atoms with E-state index in [2.05, 4.69) is 20.4 Å². The Hall–Kier alpha value is -3.06. The van der Waals surface area contributed by atoms with Crippen LogP contribution in [0.5, 0.6) is 0 Å². The molecule has 0 unspecified atom stereocenters. The predicted molar refractivity (Wildman–Crippen MR) is 111 cm³/mol. The van der Waals surface area contributed by atoms with Crippen molar-refractivity contribution in [3.05, 3.63) is 71.4 Å². The van der Waals surface area contributed by atoms with Gasteiger partial charge in [0.2, 0.25) is 17.6 Å². The Morgan fingerprint density at radius 2 is 1.90 bits per heavy atom. The zero-order chi connectivity index (χ0) is 20.9. The van der Waals surface area contributed by atoms with Gasteiger partial charge in [0.25, 0.3) is 0 Å². The molecule has 156 valence electrons. The van der Waals surface area contributed by atoms with Crippen LogP contribution >= 0.6 is 0 Å². The first-order valence-electron chi connectivity index (χ1n) is 10.2. The monoisotopic (exact) mass is 408 g/mol. The molecule has 1 amide bonds. The Morgan fingerprint density at radius 1 is 1.17 bits per heavy atom. The summed E-state index contributed by atoms with van der Waals surface area (Å²) in [4.78, 5) is 19.1. The van der Waals surface area contributed by atoms with Gasteiger partial charge in [0.1, 0.15) is 5.82 Å². The van der Waals surface area contributed by atoms with Crippen LogP contribution in [0.15, 0.2) is 53.1 Å². The number of rotatable bonds is 6. The Morgan fingerprint density at radius 3 is 2.67 bits per heavy atom. The van der Waals surface area contributed by atoms with E-state index in [0.717, 1.165) is 37.1 Å². The number of aryl methyl sites for hydroxylation is 1. The van der Waals surface area contributed by atoms with Crippen molar-refractivity contribution in [1.29, 1.82) is 0 Å². The average molecular weight is 408 g/mol. The maximum Gasteiger partial charge on any atom is 0.246 e. The van der Waals surface area contributed by atoms with Gasteiger partial charge in [-0.05, 0) is 44.5 Å². The highest BCUT2D eigenvalue weighted by Gasteiger charge is 2.25. The van der Waals surface area contributed by atoms with E-state index >= 15 is 0 Å². The van der Waals surface area contributed by atoms with E-state index in [0.29, 0.717) is 23.8 Å². The maximum atomic E-state index is 13.8. The van der Waals surface area contributed by atoms with Gasteiger partial charge in [-0.15, -0.1) is 0 Å². The molecule has 1 aliphatic rings. The van der Waals surface area contributed by atoms with Crippen molar-refractivity contribution in [3.8, 4) is 11.4 Å². The highest BCUT2D eigenvalue weighted by Crippen LogP contribution is 2.21. The van der Waals surface area contributed by atoms with Gasteiger partial charge in [-0.1, -0.05) is 47.6 Å². The highest BCUT2D eigenvalue weighted by molar-refractivity contribution is 5.78. The minimum atomic E-state index is -0.179. The summed E-state index contributed by atoms with van der Waals surface area (Å²) in [6.07, 6.45) is 1.50. The molecule has 1 saturated heterocycles. The maximum absolute atomic E-state index is 13.8. The molecule has 2 aromatic carbocycles. The normalized spacial score (nSPS) is 15.3. The standard InChI is InChI=1S/C23H25FN4O2/c1-16-6-2-4-8-19(16)22-26-21(30-27-22)14-25-23(29)17-10-12-28(13-11-17)15-18-7-3-5-9-20(18)24/h2-9,17H,10-15H2,1H3,(H,25,29). The second kappa shape index (κ2) is 9.17. The predicted octanol–water partition coefficient (Wildman–Crippen LogP) is 3.71. The van der Waals surface area contributed by atoms with Crippen LogP contribution in [-0.2, 0) is 17.9 Å². The summed E-state index contributed by atoms with van der Waals surface area (Å²) < 4.78 is 19.1. The van der Waals surface area contributed by atoms with E-state index in [1.54, 1.807) is 6.07 Å². The third kappa shape index (κ3) is 4.74. The first kappa shape index (κ1) is 20.2. The van der Waals surface area contributed by atoms with Gasteiger partial charge < -0.3 is 9.84 Å². The summed E-state index contributed by atoms with van der Waals surface area (Å²) in [6, 6.07) is 14.7. The van der Waals surface area contributed by atoms with Crippen molar-refractivity contribution in [2.75, 3.05) is 13.1 Å². The number of halogens is 1. The Labute approximate surface area is 175 Å². The Kier molecular flexibility index (Phi) is 6.18. The molecule has 0 saturated carbocycles. The highest BCUT2D eigenvalue weighted by atomic mass is 19.1. The lowest BCUT2D eigenvalue weighted by Gasteiger charge is -2.31. The summed E-state index contributed by atoms with van der Waals surface area (Å²) in [5, 5.41) is 6.93. The largest absolute Gasteiger partial charge is 0.347 e. The second-order valence-electron chi connectivity index (χ2n) is 7.69. The van der Waals surface area contributed by atoms with Gasteiger partial charge in [0, 0.05) is 23.6 Å². The molecule has 30 heavy (non-hydrogen) atoms. The van der Waals surface area contributed by atoms with Crippen LogP contribution < -0.4 is 5.32 Å². The van der Waals surface area contributed by atoms with Gasteiger partial charge in [0.05, 0.1) is 6.54 Å². The van der Waals surface area contributed by atoms with Gasteiger partial charge in [-0.2, -0.15) is 4.98 Å². The smallest absolute Gasteiger partial charge is 0.246 e. The number of nitrogens with one attached hydrogen (secondary N) is 1. The number of nitrogens with zero attached hydrogens (tertiary/aromatic N) is 3. The van der Waals surface area contributed by atoms with E-state index < -0.39 is 0 Å². The number of carbonyl (C=O) groups excluding carboxylic acids is 1. The zero-order valence-electron chi connectivity index (χ0n) is 17.0. The van der Waals surface area contributed by atoms with Crippen LogP contribution in [0, 0.1) is 18.7 Å². The van der Waals surface area contributed by atoms with Crippen molar-refractivity contribution < 1.29 is 13.7 Å². The average Bonchev–Trinajstić information content (AvgIpc) is 3.23. The van der Waals surface area contributed by atoms with Gasteiger partial charge in [0.15, 0.2) is 0 Å². The van der Waals surface area contributed by atoms with Crippen molar-refractivity contribution in [2.45, 2.75) is 32.9 Å². The molecule has 0 spiro atoms. The lowest BCUT2D eigenvalue weighted by molar-refractivity contribution is -0.126. The second-order valence-corrected chi connectivity index (χ2v) is 7.69. The minimum absolute atomic E-state index is 0.00353. The van der Waals surface area contributed by atoms with Crippen LogP contribution in [0.3, 0.4) is 0 Å². The summed E-state index contributed by atoms with van der Waals surface area (Å²) in [7, 11) is 0. The van der Waals surface area contributed by atoms with E-state index in [1.807, 2.05) is 43.3 Å². The zero-order valence-corrected chi connectivity index (χ0v) is 17.0. The number of benzene rings is 2. The van der Waals surface area contributed by atoms with Gasteiger partial charge in [-0.3, -0.25) is 9.69 Å². The lowest BCUT2D eigenvalue weighted by Crippen LogP contribution is -2.40. The van der Waals surface area contributed by atoms with Crippen molar-refractivity contribution in [1.82, 2.24) is 20.4 Å². The summed E-state index contributed by atoms with van der Waals surface area (Å²) in [5.74, 6) is 0.677. The fourth-order valence-corrected chi connectivity index (χ4v) is 3.79. The van der Waals surface area contributed by atoms with Crippen LogP contribution in [0.25, 0.3) is 11.4 Å². The van der Waals surface area contributed by atoms with Crippen molar-refractivity contribution in [2.24, 2.45) is 5.92 Å². The summed E-state index contributed by atoms with van der Waals surface area (Å²) in [6.45, 7) is 4.32. The number of carbonyl (C=O) groups is 1. The molecule has 0 bridgehead atoms. The van der Waals surface area contributed by atoms with E-state index in [1.165, 1.54) is 6.07 Å². The van der Waals surface area contributed by atoms with Crippen molar-refractivity contribution >= 4 is 5.91 Å². The van der Waals surface area contributed by atoms with E-state index in [-0.39, 0.29) is 24.2 Å². The van der Waals surface area contributed by atoms with E-state index in [9.17, 15) is 9.18 Å². The number of piperidine rings is 1. The van der Waals surface area contributed by atoms with Crippen LogP contribution in [0.4, 0.5) is 4.39 Å². The number of aromatic nitrogens is 2. The molecule has 1 N–H and O–H groups in total. The first-order valence-corrected chi connectivity index (χ1v) is 10.2. The summed E-state index contributed by atoms with van der Waals surface area (Å²) in [5.41, 5.74) is 2.68. The molecule has 6 nitrogen and oxygen atoms in total. The molecule has 0 atom stereocenters. The molecule has 2 heterocycles. The molecular formula is C23H25FN4O2. The Balaban J connectivity index is 1.26. The fourth-order valence-electron chi connectivity index (χ4n) is 3.79. The fraction of sp³-hybridized carbons (Fsp3) is 0.348. The quantitative estimate of drug-likeness (QED) is 0.673. The molecule has 1 aliphatic heterocycles. The molecule has 3 aromatic rings. The molecule has 4 rings (SSSR count). The molecule has 0 radical (unpaired) electrons. The van der Waals surface area contributed by atoms with Crippen molar-refractivity contribution in [3.63, 3.8) is 0 Å². The number of likely N-dealkylation sites (tertiary alicyclic amines) is 1. The number of amides is 1. The van der Waals surface area contributed by atoms with Crippen LogP contribution in [-0.4, -0.2) is 34.0 Å². The van der Waals surface area contributed by atoms with Gasteiger partial charge in [-0.25, -0.2) is 4.39 Å². The van der Waals surface area contributed by atoms with Gasteiger partial charge >= 0.3 is 0 Å². The molecule has 7 heteroatoms. The molecule has 1 aromatic heterocycles. The van der Waals surface area contributed by atoms with Crippen LogP contribution in [0.1, 0.15) is 29.9 Å². The van der Waals surface area contributed by atoms with Crippen LogP contribution in [0.2, 0.25) is 0 Å². The Bertz CT molecular complexity index is 1010. The molecule has 0 aliphatic carbocycles. The lowest BCUT2D eigenvalue weighted by atomic mass is 9.95. The minimum Gasteiger partial charge on any atom is -0.347 e. The SMILES string of the molecule is Cc1ccccc1-c1noc(CNC(=O)C2CCN(Cc3ccccc3F)CC2)n1. The molecule has 1 fully saturated rings. The topological polar surface area (TPSA) is 71.3 Å².